The molecular weight excluding hydrogens is 541 g/mol. The summed E-state index contributed by atoms with van der Waals surface area (Å²) in [5, 5.41) is 4.43. The average Bonchev–Trinajstić information content (AvgIpc) is 3.64. The molecule has 0 aliphatic rings. The lowest BCUT2D eigenvalue weighted by molar-refractivity contribution is -0.139. The van der Waals surface area contributed by atoms with Crippen molar-refractivity contribution in [2.45, 2.75) is 25.7 Å². The molecule has 0 fully saturated rings. The maximum atomic E-state index is 13.6. The normalized spacial score (nSPS) is 12.8. The highest BCUT2D eigenvalue weighted by atomic mass is 32.1. The molecule has 1 aromatic carbocycles. The first kappa shape index (κ1) is 27.4. The molecule has 0 aliphatic carbocycles. The largest absolute Gasteiger partial charge is 0.484 e. The van der Waals surface area contributed by atoms with Gasteiger partial charge in [0.25, 0.3) is 5.91 Å². The Labute approximate surface area is 232 Å². The highest BCUT2D eigenvalue weighted by Crippen LogP contribution is 2.40. The number of thiophene rings is 1. The Bertz CT molecular complexity index is 1670. The first-order valence-corrected chi connectivity index (χ1v) is 13.2. The van der Waals surface area contributed by atoms with Crippen molar-refractivity contribution < 1.29 is 22.7 Å². The summed E-state index contributed by atoms with van der Waals surface area (Å²) >= 11 is 1.10. The second-order valence-electron chi connectivity index (χ2n) is 9.60. The molecule has 0 aliphatic heterocycles. The van der Waals surface area contributed by atoms with Gasteiger partial charge in [-0.2, -0.15) is 18.3 Å². The number of nitrogens with zero attached hydrogens (tertiary/aromatic N) is 5. The van der Waals surface area contributed by atoms with Crippen LogP contribution in [0.1, 0.15) is 33.8 Å². The minimum absolute atomic E-state index is 0.0365. The third-order valence-corrected chi connectivity index (χ3v) is 7.59. The number of ether oxygens (including phenoxy) is 1. The van der Waals surface area contributed by atoms with Gasteiger partial charge >= 0.3 is 6.18 Å². The van der Waals surface area contributed by atoms with Crippen LogP contribution >= 0.6 is 11.3 Å². The van der Waals surface area contributed by atoms with Crippen LogP contribution < -0.4 is 10.5 Å². The van der Waals surface area contributed by atoms with Crippen molar-refractivity contribution in [3.63, 3.8) is 0 Å². The molecule has 0 spiro atoms. The topological polar surface area (TPSA) is 90.7 Å². The zero-order valence-corrected chi connectivity index (χ0v) is 22.8. The summed E-state index contributed by atoms with van der Waals surface area (Å²) in [6, 6.07) is 10.7. The Hall–Kier alpha value is -4.16. The van der Waals surface area contributed by atoms with Crippen LogP contribution in [0.3, 0.4) is 0 Å². The number of aromatic nitrogens is 4. The van der Waals surface area contributed by atoms with Crippen LogP contribution in [0.25, 0.3) is 27.3 Å². The number of pyridine rings is 1. The molecule has 40 heavy (non-hydrogen) atoms. The molecule has 5 rings (SSSR count). The standard InChI is InChI=1S/C28H27F3N6O2S/c1-17(20-6-4-5-7-21(20)28(29,30)31)39-23-13-24(40-26(23)27(32)38)22-15-33-25-12-18(8-9-37(22)25)19-14-34-36(16-19)11-10-35(2)3/h4-9,12-17H,10-11H2,1-3H3,(H2,32,38)/t17-/m0/s1. The Morgan fingerprint density at radius 2 is 1.93 bits per heavy atom. The molecule has 4 heterocycles. The van der Waals surface area contributed by atoms with Crippen LogP contribution in [0, 0.1) is 0 Å². The molecule has 0 unspecified atom stereocenters. The van der Waals surface area contributed by atoms with Crippen LogP contribution in [0.2, 0.25) is 0 Å². The first-order chi connectivity index (χ1) is 19.0. The number of benzene rings is 1. The summed E-state index contributed by atoms with van der Waals surface area (Å²) in [7, 11) is 4.02. The van der Waals surface area contributed by atoms with Gasteiger partial charge in [0.1, 0.15) is 22.4 Å². The SMILES string of the molecule is C[C@H](Oc1cc(-c2cnc3cc(-c4cnn(CCN(C)C)c4)ccn23)sc1C(N)=O)c1ccccc1C(F)(F)F. The maximum Gasteiger partial charge on any atom is 0.416 e. The van der Waals surface area contributed by atoms with E-state index in [4.69, 9.17) is 10.5 Å². The first-order valence-electron chi connectivity index (χ1n) is 12.4. The number of amides is 1. The molecule has 12 heteroatoms. The second-order valence-corrected chi connectivity index (χ2v) is 10.6. The van der Waals surface area contributed by atoms with Crippen molar-refractivity contribution in [3.05, 3.63) is 83.3 Å². The molecule has 2 N–H and O–H groups in total. The lowest BCUT2D eigenvalue weighted by Crippen LogP contribution is -2.18. The maximum absolute atomic E-state index is 13.6. The quantitative estimate of drug-likeness (QED) is 0.245. The number of nitrogens with two attached hydrogens (primary N) is 1. The Morgan fingerprint density at radius 1 is 1.15 bits per heavy atom. The number of halogens is 3. The van der Waals surface area contributed by atoms with Gasteiger partial charge in [0.15, 0.2) is 0 Å². The Kier molecular flexibility index (Phi) is 7.39. The van der Waals surface area contributed by atoms with Crippen LogP contribution in [-0.2, 0) is 12.7 Å². The van der Waals surface area contributed by atoms with E-state index in [0.717, 1.165) is 41.6 Å². The highest BCUT2D eigenvalue weighted by molar-refractivity contribution is 7.17. The molecule has 1 amide bonds. The summed E-state index contributed by atoms with van der Waals surface area (Å²) in [5.41, 5.74) is 8.06. The second kappa shape index (κ2) is 10.8. The molecule has 0 radical (unpaired) electrons. The van der Waals surface area contributed by atoms with Gasteiger partial charge in [0.2, 0.25) is 0 Å². The van der Waals surface area contributed by atoms with Gasteiger partial charge < -0.3 is 15.4 Å². The number of fused-ring (bicyclic) bond motifs is 1. The Balaban J connectivity index is 1.43. The number of hydrogen-bond acceptors (Lipinski definition) is 6. The molecule has 4 aromatic heterocycles. The predicted molar refractivity (Wildman–Crippen MR) is 147 cm³/mol. The van der Waals surface area contributed by atoms with E-state index < -0.39 is 23.8 Å². The molecule has 5 aromatic rings. The Morgan fingerprint density at radius 3 is 2.65 bits per heavy atom. The van der Waals surface area contributed by atoms with Gasteiger partial charge in [-0.25, -0.2) is 4.98 Å². The number of alkyl halides is 3. The molecule has 0 bridgehead atoms. The van der Waals surface area contributed by atoms with E-state index in [0.29, 0.717) is 16.2 Å². The van der Waals surface area contributed by atoms with Gasteiger partial charge in [0.05, 0.1) is 35.1 Å². The molecule has 208 valence electrons. The van der Waals surface area contributed by atoms with Crippen molar-refractivity contribution in [1.82, 2.24) is 24.1 Å². The number of carbonyl (C=O) groups is 1. The molecule has 0 saturated carbocycles. The zero-order chi connectivity index (χ0) is 28.6. The van der Waals surface area contributed by atoms with Crippen molar-refractivity contribution >= 4 is 22.9 Å². The molecule has 1 atom stereocenters. The summed E-state index contributed by atoms with van der Waals surface area (Å²) < 4.78 is 50.3. The third-order valence-electron chi connectivity index (χ3n) is 6.44. The van der Waals surface area contributed by atoms with Crippen molar-refractivity contribution in [3.8, 4) is 27.4 Å². The van der Waals surface area contributed by atoms with Crippen molar-refractivity contribution in [2.75, 3.05) is 20.6 Å². The highest BCUT2D eigenvalue weighted by Gasteiger charge is 2.35. The van der Waals surface area contributed by atoms with Gasteiger partial charge in [-0.15, -0.1) is 11.3 Å². The number of hydrogen-bond donors (Lipinski definition) is 1. The van der Waals surface area contributed by atoms with Crippen molar-refractivity contribution in [1.29, 1.82) is 0 Å². The van der Waals surface area contributed by atoms with E-state index >= 15 is 0 Å². The van der Waals surface area contributed by atoms with E-state index in [2.05, 4.69) is 15.0 Å². The van der Waals surface area contributed by atoms with E-state index in [9.17, 15) is 18.0 Å². The minimum atomic E-state index is -4.54. The molecule has 0 saturated heterocycles. The van der Waals surface area contributed by atoms with Crippen LogP contribution in [0.5, 0.6) is 5.75 Å². The molecular formula is C28H27F3N6O2S. The number of imidazole rings is 1. The van der Waals surface area contributed by atoms with Crippen LogP contribution in [-0.4, -0.2) is 50.6 Å². The van der Waals surface area contributed by atoms with Gasteiger partial charge in [0, 0.05) is 36.1 Å². The predicted octanol–water partition coefficient (Wildman–Crippen LogP) is 5.75. The van der Waals surface area contributed by atoms with E-state index in [-0.39, 0.29) is 16.2 Å². The van der Waals surface area contributed by atoms with Gasteiger partial charge in [-0.05, 0) is 44.8 Å². The lowest BCUT2D eigenvalue weighted by Gasteiger charge is -2.19. The lowest BCUT2D eigenvalue weighted by atomic mass is 10.0. The van der Waals surface area contributed by atoms with Crippen LogP contribution in [0.4, 0.5) is 13.2 Å². The smallest absolute Gasteiger partial charge is 0.416 e. The number of carbonyl (C=O) groups excluding carboxylic acids is 1. The van der Waals surface area contributed by atoms with E-state index in [1.807, 2.05) is 53.9 Å². The monoisotopic (exact) mass is 568 g/mol. The van der Waals surface area contributed by atoms with E-state index in [1.54, 1.807) is 12.3 Å². The summed E-state index contributed by atoms with van der Waals surface area (Å²) in [6.45, 7) is 3.15. The van der Waals surface area contributed by atoms with E-state index in [1.165, 1.54) is 25.1 Å². The van der Waals surface area contributed by atoms with Gasteiger partial charge in [-0.1, -0.05) is 18.2 Å². The minimum Gasteiger partial charge on any atom is -0.484 e. The summed E-state index contributed by atoms with van der Waals surface area (Å²) in [5.74, 6) is -0.612. The summed E-state index contributed by atoms with van der Waals surface area (Å²) in [4.78, 5) is 19.6. The number of rotatable bonds is 9. The van der Waals surface area contributed by atoms with Gasteiger partial charge in [-0.3, -0.25) is 13.9 Å². The molecule has 8 nitrogen and oxygen atoms in total. The fourth-order valence-corrected chi connectivity index (χ4v) is 5.35. The van der Waals surface area contributed by atoms with Crippen molar-refractivity contribution in [2.24, 2.45) is 5.73 Å². The number of likely N-dealkylation sites (N-methyl/N-ethyl adjacent to an activating group) is 1. The fraction of sp³-hybridized carbons (Fsp3) is 0.250. The fourth-order valence-electron chi connectivity index (χ4n) is 4.40. The third kappa shape index (κ3) is 5.58. The summed E-state index contributed by atoms with van der Waals surface area (Å²) in [6.07, 6.45) is 1.81. The van der Waals surface area contributed by atoms with Crippen LogP contribution in [0.15, 0.2) is 67.3 Å². The average molecular weight is 569 g/mol. The zero-order valence-electron chi connectivity index (χ0n) is 22.0. The number of primary amides is 1.